The Morgan fingerprint density at radius 1 is 1.22 bits per heavy atom. The summed E-state index contributed by atoms with van der Waals surface area (Å²) < 4.78 is 1.99. The molecule has 5 nitrogen and oxygen atoms in total. The van der Waals surface area contributed by atoms with Crippen LogP contribution in [0.2, 0.25) is 0 Å². The molecule has 2 N–H and O–H groups in total. The second-order valence-electron chi connectivity index (χ2n) is 5.74. The highest BCUT2D eigenvalue weighted by Crippen LogP contribution is 2.27. The van der Waals surface area contributed by atoms with Crippen LogP contribution in [0.4, 0.5) is 0 Å². The van der Waals surface area contributed by atoms with Gasteiger partial charge in [0.05, 0.1) is 11.4 Å². The van der Waals surface area contributed by atoms with Gasteiger partial charge in [-0.05, 0) is 24.7 Å². The number of pyridine rings is 1. The number of carbonyl (C=O) groups excluding carboxylic acids is 1. The summed E-state index contributed by atoms with van der Waals surface area (Å²) in [6.07, 6.45) is 0.775. The van der Waals surface area contributed by atoms with Crippen LogP contribution in [-0.4, -0.2) is 28.9 Å². The van der Waals surface area contributed by atoms with Gasteiger partial charge in [0, 0.05) is 25.1 Å². The van der Waals surface area contributed by atoms with Crippen molar-refractivity contribution in [1.29, 1.82) is 0 Å². The fraction of sp³-hybridized carbons (Fsp3) is 0.222. The van der Waals surface area contributed by atoms with Gasteiger partial charge in [-0.3, -0.25) is 9.20 Å². The molecule has 2 aromatic heterocycles. The Labute approximate surface area is 134 Å². The molecule has 1 amide bonds. The number of carbonyl (C=O) groups is 1. The van der Waals surface area contributed by atoms with Gasteiger partial charge in [0.15, 0.2) is 0 Å². The molecule has 0 saturated heterocycles. The molecule has 23 heavy (non-hydrogen) atoms. The van der Waals surface area contributed by atoms with Gasteiger partial charge in [-0.2, -0.15) is 0 Å². The number of benzene rings is 1. The van der Waals surface area contributed by atoms with Crippen LogP contribution in [0.3, 0.4) is 0 Å². The van der Waals surface area contributed by atoms with Gasteiger partial charge in [-0.25, -0.2) is 4.98 Å². The largest absolute Gasteiger partial charge is 0.350 e. The summed E-state index contributed by atoms with van der Waals surface area (Å²) in [6, 6.07) is 14.1. The smallest absolute Gasteiger partial charge is 0.268 e. The minimum atomic E-state index is -0.0392. The van der Waals surface area contributed by atoms with Crippen LogP contribution in [0.1, 0.15) is 21.7 Å². The second-order valence-corrected chi connectivity index (χ2v) is 5.74. The van der Waals surface area contributed by atoms with E-state index in [1.165, 1.54) is 5.56 Å². The Balaban J connectivity index is 1.89. The predicted molar refractivity (Wildman–Crippen MR) is 89.4 cm³/mol. The Bertz CT molecular complexity index is 880. The molecule has 1 aromatic carbocycles. The zero-order valence-electron chi connectivity index (χ0n) is 13.0. The first-order valence-corrected chi connectivity index (χ1v) is 7.80. The van der Waals surface area contributed by atoms with E-state index in [1.54, 1.807) is 0 Å². The van der Waals surface area contributed by atoms with E-state index in [0.29, 0.717) is 12.2 Å². The molecule has 3 aromatic rings. The van der Waals surface area contributed by atoms with Gasteiger partial charge in [0.1, 0.15) is 11.3 Å². The van der Waals surface area contributed by atoms with E-state index in [-0.39, 0.29) is 5.91 Å². The molecule has 5 heteroatoms. The van der Waals surface area contributed by atoms with E-state index in [2.05, 4.69) is 34.9 Å². The maximum absolute atomic E-state index is 12.2. The number of hydrogen-bond donors (Lipinski definition) is 2. The van der Waals surface area contributed by atoms with Gasteiger partial charge in [-0.15, -0.1) is 0 Å². The van der Waals surface area contributed by atoms with Crippen molar-refractivity contribution in [3.05, 3.63) is 59.4 Å². The number of rotatable bonds is 3. The lowest BCUT2D eigenvalue weighted by Crippen LogP contribution is -2.24. The lowest BCUT2D eigenvalue weighted by atomic mass is 10.1. The van der Waals surface area contributed by atoms with E-state index in [0.717, 1.165) is 35.6 Å². The summed E-state index contributed by atoms with van der Waals surface area (Å²) in [5, 5.41) is 6.10. The summed E-state index contributed by atoms with van der Waals surface area (Å²) in [7, 11) is 1.94. The maximum Gasteiger partial charge on any atom is 0.268 e. The lowest BCUT2D eigenvalue weighted by Gasteiger charge is -2.05. The normalized spacial score (nSPS) is 13.9. The summed E-state index contributed by atoms with van der Waals surface area (Å²) in [5.41, 5.74) is 5.86. The average Bonchev–Trinajstić information content (AvgIpc) is 2.85. The monoisotopic (exact) mass is 306 g/mol. The third-order valence-electron chi connectivity index (χ3n) is 4.23. The van der Waals surface area contributed by atoms with Crippen LogP contribution in [-0.2, 0) is 13.0 Å². The second kappa shape index (κ2) is 5.52. The Morgan fingerprint density at radius 3 is 2.83 bits per heavy atom. The molecular formula is C18H18N4O. The van der Waals surface area contributed by atoms with E-state index >= 15 is 0 Å². The number of imidazole rings is 1. The third-order valence-corrected chi connectivity index (χ3v) is 4.23. The highest BCUT2D eigenvalue weighted by molar-refractivity contribution is 5.94. The van der Waals surface area contributed by atoms with Gasteiger partial charge in [0.2, 0.25) is 0 Å². The molecule has 116 valence electrons. The van der Waals surface area contributed by atoms with Gasteiger partial charge >= 0.3 is 0 Å². The molecule has 0 fully saturated rings. The zero-order chi connectivity index (χ0) is 15.8. The molecule has 0 saturated carbocycles. The number of nitrogens with one attached hydrogen (secondary N) is 2. The lowest BCUT2D eigenvalue weighted by molar-refractivity contribution is 0.0951. The number of hydrogen-bond acceptors (Lipinski definition) is 3. The predicted octanol–water partition coefficient (Wildman–Crippen LogP) is 2.01. The van der Waals surface area contributed by atoms with Crippen molar-refractivity contribution in [2.24, 2.45) is 0 Å². The van der Waals surface area contributed by atoms with Crippen molar-refractivity contribution in [3.63, 3.8) is 0 Å². The standard InChI is InChI=1S/C18H18N4O/c1-19-11-12-5-7-13(8-6-12)17-14-9-10-20-18(23)15-3-2-4-16(21-17)22(14)15/h2-8,19H,9-11H2,1H3,(H,20,23). The quantitative estimate of drug-likeness (QED) is 0.778. The van der Waals surface area contributed by atoms with E-state index in [9.17, 15) is 4.79 Å². The summed E-state index contributed by atoms with van der Waals surface area (Å²) >= 11 is 0. The molecule has 0 bridgehead atoms. The molecule has 4 rings (SSSR count). The van der Waals surface area contributed by atoms with Gasteiger partial charge in [0.25, 0.3) is 5.91 Å². The maximum atomic E-state index is 12.2. The van der Waals surface area contributed by atoms with Crippen LogP contribution >= 0.6 is 0 Å². The Kier molecular flexibility index (Phi) is 3.35. The first-order valence-electron chi connectivity index (χ1n) is 7.80. The summed E-state index contributed by atoms with van der Waals surface area (Å²) in [6.45, 7) is 1.48. The van der Waals surface area contributed by atoms with E-state index in [1.807, 2.05) is 29.6 Å². The topological polar surface area (TPSA) is 58.4 Å². The minimum absolute atomic E-state index is 0.0392. The van der Waals surface area contributed by atoms with E-state index < -0.39 is 0 Å². The van der Waals surface area contributed by atoms with Crippen molar-refractivity contribution in [2.75, 3.05) is 13.6 Å². The molecule has 0 atom stereocenters. The first-order chi connectivity index (χ1) is 11.3. The Morgan fingerprint density at radius 2 is 2.04 bits per heavy atom. The SMILES string of the molecule is CNCc1ccc(-c2nc3cccc4n3c2CCNC4=O)cc1. The Hall–Kier alpha value is -2.66. The van der Waals surface area contributed by atoms with Crippen LogP contribution in [0.15, 0.2) is 42.5 Å². The molecule has 0 unspecified atom stereocenters. The molecule has 1 aliphatic rings. The van der Waals surface area contributed by atoms with Crippen LogP contribution in [0, 0.1) is 0 Å². The molecule has 3 heterocycles. The molecular weight excluding hydrogens is 288 g/mol. The molecule has 1 aliphatic heterocycles. The number of aromatic nitrogens is 2. The van der Waals surface area contributed by atoms with Crippen molar-refractivity contribution in [3.8, 4) is 11.3 Å². The molecule has 0 spiro atoms. The van der Waals surface area contributed by atoms with Crippen LogP contribution < -0.4 is 10.6 Å². The van der Waals surface area contributed by atoms with E-state index in [4.69, 9.17) is 4.98 Å². The minimum Gasteiger partial charge on any atom is -0.350 e. The third kappa shape index (κ3) is 2.29. The van der Waals surface area contributed by atoms with Gasteiger partial charge < -0.3 is 10.6 Å². The van der Waals surface area contributed by atoms with Crippen molar-refractivity contribution in [2.45, 2.75) is 13.0 Å². The zero-order valence-corrected chi connectivity index (χ0v) is 13.0. The fourth-order valence-electron chi connectivity index (χ4n) is 3.16. The van der Waals surface area contributed by atoms with Crippen LogP contribution in [0.5, 0.6) is 0 Å². The average molecular weight is 306 g/mol. The molecule has 0 radical (unpaired) electrons. The van der Waals surface area contributed by atoms with Crippen molar-refractivity contribution >= 4 is 11.6 Å². The number of nitrogens with zero attached hydrogens (tertiary/aromatic N) is 2. The molecule has 0 aliphatic carbocycles. The number of amides is 1. The summed E-state index contributed by atoms with van der Waals surface area (Å²) in [4.78, 5) is 17.0. The van der Waals surface area contributed by atoms with Crippen molar-refractivity contribution in [1.82, 2.24) is 20.0 Å². The van der Waals surface area contributed by atoms with Crippen LogP contribution in [0.25, 0.3) is 16.9 Å². The van der Waals surface area contributed by atoms with Gasteiger partial charge in [-0.1, -0.05) is 30.3 Å². The highest BCUT2D eigenvalue weighted by Gasteiger charge is 2.21. The summed E-state index contributed by atoms with van der Waals surface area (Å²) in [5.74, 6) is -0.0392. The highest BCUT2D eigenvalue weighted by atomic mass is 16.1. The fourth-order valence-corrected chi connectivity index (χ4v) is 3.16. The van der Waals surface area contributed by atoms with Crippen molar-refractivity contribution < 1.29 is 4.79 Å². The first kappa shape index (κ1) is 14.0.